The highest BCUT2D eigenvalue weighted by Crippen LogP contribution is 2.29. The van der Waals surface area contributed by atoms with Crippen LogP contribution in [0, 0.1) is 0 Å². The standard InChI is InChI=1S/C31H26BrN5O3S/c32-23-10-8-22(9-11-23)30(39)37-18-16-36(17-19-37)25-14-12-24(13-15-25)33-28(38)20-41-31-35-34-29(40-31)27-7-3-5-21-4-1-2-6-26(21)27/h1-15H,16-20H2,(H,33,38). The fourth-order valence-corrected chi connectivity index (χ4v) is 5.64. The number of halogens is 1. The first-order valence-electron chi connectivity index (χ1n) is 13.2. The Bertz CT molecular complexity index is 1680. The van der Waals surface area contributed by atoms with Crippen molar-refractivity contribution in [2.75, 3.05) is 42.1 Å². The summed E-state index contributed by atoms with van der Waals surface area (Å²) in [4.78, 5) is 29.5. The molecule has 41 heavy (non-hydrogen) atoms. The predicted molar refractivity (Wildman–Crippen MR) is 165 cm³/mol. The summed E-state index contributed by atoms with van der Waals surface area (Å²) in [5.74, 6) is 0.470. The number of thioether (sulfide) groups is 1. The van der Waals surface area contributed by atoms with Gasteiger partial charge in [-0.05, 0) is 65.4 Å². The molecule has 10 heteroatoms. The molecule has 1 fully saturated rings. The van der Waals surface area contributed by atoms with E-state index in [1.807, 2.05) is 95.9 Å². The van der Waals surface area contributed by atoms with Crippen molar-refractivity contribution in [3.63, 3.8) is 0 Å². The van der Waals surface area contributed by atoms with Gasteiger partial charge in [0, 0.05) is 53.2 Å². The van der Waals surface area contributed by atoms with E-state index >= 15 is 0 Å². The van der Waals surface area contributed by atoms with E-state index in [4.69, 9.17) is 4.42 Å². The average Bonchev–Trinajstić information content (AvgIpc) is 3.49. The van der Waals surface area contributed by atoms with Crippen LogP contribution >= 0.6 is 27.7 Å². The van der Waals surface area contributed by atoms with Crippen molar-refractivity contribution in [2.45, 2.75) is 5.22 Å². The molecule has 0 aliphatic carbocycles. The maximum absolute atomic E-state index is 12.8. The highest BCUT2D eigenvalue weighted by molar-refractivity contribution is 9.10. The molecule has 0 unspecified atom stereocenters. The van der Waals surface area contributed by atoms with Crippen molar-refractivity contribution in [1.29, 1.82) is 0 Å². The SMILES string of the molecule is O=C(CSc1nnc(-c2cccc3ccccc23)o1)Nc1ccc(N2CCN(C(=O)c3ccc(Br)cc3)CC2)cc1. The Hall–Kier alpha value is -4.15. The van der Waals surface area contributed by atoms with E-state index in [1.165, 1.54) is 11.8 Å². The maximum Gasteiger partial charge on any atom is 0.277 e. The first-order chi connectivity index (χ1) is 20.0. The van der Waals surface area contributed by atoms with Crippen LogP contribution in [0.3, 0.4) is 0 Å². The van der Waals surface area contributed by atoms with Crippen molar-refractivity contribution in [2.24, 2.45) is 0 Å². The lowest BCUT2D eigenvalue weighted by Gasteiger charge is -2.36. The number of piperazine rings is 1. The number of benzene rings is 4. The molecule has 0 bridgehead atoms. The zero-order valence-electron chi connectivity index (χ0n) is 22.0. The molecule has 0 radical (unpaired) electrons. The van der Waals surface area contributed by atoms with Gasteiger partial charge in [0.25, 0.3) is 11.1 Å². The van der Waals surface area contributed by atoms with Crippen LogP contribution in [0.25, 0.3) is 22.2 Å². The molecule has 0 spiro atoms. The maximum atomic E-state index is 12.8. The number of hydrogen-bond acceptors (Lipinski definition) is 7. The highest BCUT2D eigenvalue weighted by atomic mass is 79.9. The van der Waals surface area contributed by atoms with E-state index < -0.39 is 0 Å². The zero-order chi connectivity index (χ0) is 28.2. The van der Waals surface area contributed by atoms with E-state index in [9.17, 15) is 9.59 Å². The van der Waals surface area contributed by atoms with Crippen LogP contribution in [-0.4, -0.2) is 58.8 Å². The van der Waals surface area contributed by atoms with E-state index in [0.29, 0.717) is 35.5 Å². The summed E-state index contributed by atoms with van der Waals surface area (Å²) in [7, 11) is 0. The normalized spacial score (nSPS) is 13.4. The molecule has 1 saturated heterocycles. The topological polar surface area (TPSA) is 91.6 Å². The van der Waals surface area contributed by atoms with Gasteiger partial charge in [-0.3, -0.25) is 9.59 Å². The van der Waals surface area contributed by atoms with E-state index in [-0.39, 0.29) is 17.6 Å². The minimum atomic E-state index is -0.160. The molecule has 2 heterocycles. The summed E-state index contributed by atoms with van der Waals surface area (Å²) in [6, 6.07) is 29.2. The number of nitrogens with zero attached hydrogens (tertiary/aromatic N) is 4. The quantitative estimate of drug-likeness (QED) is 0.210. The lowest BCUT2D eigenvalue weighted by atomic mass is 10.0. The van der Waals surface area contributed by atoms with E-state index in [2.05, 4.69) is 36.3 Å². The Labute approximate surface area is 249 Å². The van der Waals surface area contributed by atoms with Gasteiger partial charge < -0.3 is 19.5 Å². The summed E-state index contributed by atoms with van der Waals surface area (Å²) in [5, 5.41) is 13.7. The molecule has 1 N–H and O–H groups in total. The van der Waals surface area contributed by atoms with Crippen LogP contribution in [-0.2, 0) is 4.79 Å². The van der Waals surface area contributed by atoms with Crippen molar-refractivity contribution >= 4 is 61.7 Å². The largest absolute Gasteiger partial charge is 0.411 e. The summed E-state index contributed by atoms with van der Waals surface area (Å²) >= 11 is 4.61. The number of hydrogen-bond donors (Lipinski definition) is 1. The molecule has 6 rings (SSSR count). The number of carbonyl (C=O) groups is 2. The van der Waals surface area contributed by atoms with Gasteiger partial charge in [0.2, 0.25) is 11.8 Å². The second-order valence-electron chi connectivity index (χ2n) is 9.57. The second kappa shape index (κ2) is 12.2. The van der Waals surface area contributed by atoms with Gasteiger partial charge in [-0.25, -0.2) is 0 Å². The monoisotopic (exact) mass is 627 g/mol. The minimum absolute atomic E-state index is 0.0541. The lowest BCUT2D eigenvalue weighted by molar-refractivity contribution is -0.113. The molecule has 1 aliphatic rings. The number of anilines is 2. The van der Waals surface area contributed by atoms with E-state index in [0.717, 1.165) is 39.6 Å². The van der Waals surface area contributed by atoms with Crippen LogP contribution in [0.2, 0.25) is 0 Å². The third kappa shape index (κ3) is 6.28. The molecule has 2 amide bonds. The summed E-state index contributed by atoms with van der Waals surface area (Å²) in [5.41, 5.74) is 3.33. The van der Waals surface area contributed by atoms with Crippen LogP contribution in [0.15, 0.2) is 105 Å². The summed E-state index contributed by atoms with van der Waals surface area (Å²) in [6.45, 7) is 2.80. The highest BCUT2D eigenvalue weighted by Gasteiger charge is 2.22. The molecule has 0 saturated carbocycles. The van der Waals surface area contributed by atoms with Gasteiger partial charge in [-0.15, -0.1) is 10.2 Å². The second-order valence-corrected chi connectivity index (χ2v) is 11.4. The van der Waals surface area contributed by atoms with Crippen LogP contribution in [0.4, 0.5) is 11.4 Å². The third-order valence-corrected chi connectivity index (χ3v) is 8.27. The molecule has 4 aromatic carbocycles. The Morgan fingerprint density at radius 3 is 2.37 bits per heavy atom. The average molecular weight is 629 g/mol. The van der Waals surface area contributed by atoms with Crippen molar-refractivity contribution < 1.29 is 14.0 Å². The fraction of sp³-hybridized carbons (Fsp3) is 0.161. The zero-order valence-corrected chi connectivity index (χ0v) is 24.4. The molecular weight excluding hydrogens is 602 g/mol. The van der Waals surface area contributed by atoms with Crippen LogP contribution < -0.4 is 10.2 Å². The fourth-order valence-electron chi connectivity index (χ4n) is 4.81. The van der Waals surface area contributed by atoms with Gasteiger partial charge in [-0.1, -0.05) is 64.1 Å². The number of amides is 2. The number of nitrogens with one attached hydrogen (secondary N) is 1. The predicted octanol–water partition coefficient (Wildman–Crippen LogP) is 6.35. The smallest absolute Gasteiger partial charge is 0.277 e. The van der Waals surface area contributed by atoms with Gasteiger partial charge >= 0.3 is 0 Å². The van der Waals surface area contributed by atoms with Crippen molar-refractivity contribution in [3.8, 4) is 11.5 Å². The Morgan fingerprint density at radius 1 is 0.854 bits per heavy atom. The number of carbonyl (C=O) groups excluding carboxylic acids is 2. The molecule has 1 aliphatic heterocycles. The Kier molecular flexibility index (Phi) is 8.02. The molecule has 5 aromatic rings. The molecule has 8 nitrogen and oxygen atoms in total. The van der Waals surface area contributed by atoms with E-state index in [1.54, 1.807) is 0 Å². The van der Waals surface area contributed by atoms with Crippen molar-refractivity contribution in [3.05, 3.63) is 101 Å². The van der Waals surface area contributed by atoms with Gasteiger partial charge in [-0.2, -0.15) is 0 Å². The van der Waals surface area contributed by atoms with Crippen LogP contribution in [0.5, 0.6) is 0 Å². The van der Waals surface area contributed by atoms with Crippen molar-refractivity contribution in [1.82, 2.24) is 15.1 Å². The van der Waals surface area contributed by atoms with Gasteiger partial charge in [0.05, 0.1) is 5.75 Å². The number of fused-ring (bicyclic) bond motifs is 1. The first kappa shape index (κ1) is 27.0. The van der Waals surface area contributed by atoms with Crippen LogP contribution in [0.1, 0.15) is 10.4 Å². The third-order valence-electron chi connectivity index (χ3n) is 6.93. The van der Waals surface area contributed by atoms with Gasteiger partial charge in [0.15, 0.2) is 0 Å². The molecule has 206 valence electrons. The Morgan fingerprint density at radius 2 is 1.59 bits per heavy atom. The minimum Gasteiger partial charge on any atom is -0.411 e. The summed E-state index contributed by atoms with van der Waals surface area (Å²) in [6.07, 6.45) is 0. The lowest BCUT2D eigenvalue weighted by Crippen LogP contribution is -2.48. The first-order valence-corrected chi connectivity index (χ1v) is 15.0. The molecule has 0 atom stereocenters. The number of aromatic nitrogens is 2. The Balaban J connectivity index is 0.991. The van der Waals surface area contributed by atoms with Gasteiger partial charge in [0.1, 0.15) is 0 Å². The summed E-state index contributed by atoms with van der Waals surface area (Å²) < 4.78 is 6.80. The molecule has 1 aromatic heterocycles. The molecular formula is C31H26BrN5O3S. The number of rotatable bonds is 7.